The van der Waals surface area contributed by atoms with E-state index in [1.807, 2.05) is 27.0 Å². The third-order valence-electron chi connectivity index (χ3n) is 6.70. The summed E-state index contributed by atoms with van der Waals surface area (Å²) in [5.41, 5.74) is 15.1. The first-order chi connectivity index (χ1) is 18.6. The highest BCUT2D eigenvalue weighted by atomic mass is 16.1. The fraction of sp³-hybridized carbons (Fsp3) is 0.613. The minimum absolute atomic E-state index is 0.563. The van der Waals surface area contributed by atoms with Crippen molar-refractivity contribution in [3.63, 3.8) is 0 Å². The molecule has 0 spiro atoms. The van der Waals surface area contributed by atoms with Crippen molar-refractivity contribution < 1.29 is 4.79 Å². The smallest absolute Gasteiger partial charge is 0.207 e. The lowest BCUT2D eigenvalue weighted by atomic mass is 9.82. The monoisotopic (exact) mass is 528 g/mol. The molecule has 0 heterocycles. The van der Waals surface area contributed by atoms with Crippen LogP contribution >= 0.6 is 0 Å². The van der Waals surface area contributed by atoms with Crippen molar-refractivity contribution in [3.8, 4) is 0 Å². The number of hydrogen-bond acceptors (Lipinski definition) is 5. The van der Waals surface area contributed by atoms with Crippen LogP contribution in [0.15, 0.2) is 52.8 Å². The van der Waals surface area contributed by atoms with Crippen molar-refractivity contribution in [2.45, 2.75) is 92.7 Å². The van der Waals surface area contributed by atoms with Gasteiger partial charge in [-0.25, -0.2) is 0 Å². The Hall–Kier alpha value is -2.64. The molecule has 2 rings (SSSR count). The summed E-state index contributed by atoms with van der Waals surface area (Å²) in [6.07, 6.45) is 13.7. The fourth-order valence-corrected chi connectivity index (χ4v) is 4.11. The number of nitrogens with two attached hydrogens (primary N) is 2. The largest absolute Gasteiger partial charge is 0.371 e. The minimum Gasteiger partial charge on any atom is -0.371 e. The molecule has 0 unspecified atom stereocenters. The van der Waals surface area contributed by atoms with Gasteiger partial charge in [-0.05, 0) is 69.7 Å². The average molecular weight is 529 g/mol. The number of carbonyl (C=O) groups excluding carboxylic acids is 1. The third kappa shape index (κ3) is 14.9. The normalized spacial score (nSPS) is 13.8. The summed E-state index contributed by atoms with van der Waals surface area (Å²) < 4.78 is 0. The SMILES string of the molecule is CC.CC/C(C)=C(/C=C\NC(C)=NCc1ccc(CN)cc1)N(CCCNC=O)CCCC1CCC1.CN. The molecule has 38 heavy (non-hydrogen) atoms. The first-order valence-electron chi connectivity index (χ1n) is 14.5. The van der Waals surface area contributed by atoms with Gasteiger partial charge in [0, 0.05) is 38.1 Å². The molecule has 1 aromatic carbocycles. The Kier molecular flexibility index (Phi) is 21.8. The molecule has 1 saturated carbocycles. The van der Waals surface area contributed by atoms with Crippen molar-refractivity contribution in [3.05, 3.63) is 58.9 Å². The van der Waals surface area contributed by atoms with Gasteiger partial charge in [0.25, 0.3) is 0 Å². The van der Waals surface area contributed by atoms with Crippen molar-refractivity contribution in [1.29, 1.82) is 0 Å². The summed E-state index contributed by atoms with van der Waals surface area (Å²) in [5.74, 6) is 1.82. The van der Waals surface area contributed by atoms with Crippen LogP contribution in [0, 0.1) is 5.92 Å². The molecule has 1 fully saturated rings. The predicted octanol–water partition coefficient (Wildman–Crippen LogP) is 5.47. The van der Waals surface area contributed by atoms with E-state index in [0.29, 0.717) is 19.6 Å². The van der Waals surface area contributed by atoms with Gasteiger partial charge in [0.15, 0.2) is 0 Å². The molecule has 1 amide bonds. The molecule has 0 atom stereocenters. The van der Waals surface area contributed by atoms with Crippen LogP contribution in [0.2, 0.25) is 0 Å². The topological polar surface area (TPSA) is 109 Å². The van der Waals surface area contributed by atoms with Gasteiger partial charge in [0.1, 0.15) is 0 Å². The molecular formula is C31H56N6O. The number of carbonyl (C=O) groups is 1. The Morgan fingerprint density at radius 3 is 2.26 bits per heavy atom. The van der Waals surface area contributed by atoms with E-state index in [1.165, 1.54) is 56.0 Å². The molecule has 216 valence electrons. The molecule has 1 aliphatic rings. The van der Waals surface area contributed by atoms with Crippen LogP contribution in [0.25, 0.3) is 0 Å². The van der Waals surface area contributed by atoms with E-state index < -0.39 is 0 Å². The van der Waals surface area contributed by atoms with Gasteiger partial charge in [-0.1, -0.05) is 69.9 Å². The maximum absolute atomic E-state index is 10.6. The molecule has 0 aromatic heterocycles. The summed E-state index contributed by atoms with van der Waals surface area (Å²) in [6, 6.07) is 8.28. The van der Waals surface area contributed by atoms with Crippen LogP contribution in [0.5, 0.6) is 0 Å². The van der Waals surface area contributed by atoms with E-state index >= 15 is 0 Å². The van der Waals surface area contributed by atoms with Gasteiger partial charge in [0.2, 0.25) is 6.41 Å². The number of allylic oxidation sites excluding steroid dienone is 2. The summed E-state index contributed by atoms with van der Waals surface area (Å²) in [5, 5.41) is 6.13. The van der Waals surface area contributed by atoms with Crippen LogP contribution in [0.1, 0.15) is 90.7 Å². The fourth-order valence-electron chi connectivity index (χ4n) is 4.11. The second-order valence-corrected chi connectivity index (χ2v) is 9.27. The Labute approximate surface area is 233 Å². The summed E-state index contributed by atoms with van der Waals surface area (Å²) in [4.78, 5) is 17.8. The van der Waals surface area contributed by atoms with E-state index in [0.717, 1.165) is 49.7 Å². The first-order valence-corrected chi connectivity index (χ1v) is 14.5. The van der Waals surface area contributed by atoms with E-state index in [1.54, 1.807) is 0 Å². The molecule has 6 N–H and O–H groups in total. The van der Waals surface area contributed by atoms with E-state index in [9.17, 15) is 4.79 Å². The van der Waals surface area contributed by atoms with Crippen molar-refractivity contribution in [1.82, 2.24) is 15.5 Å². The standard InChI is InChI=1S/C28H45N5O.C2H6.CH5N/c1-4-23(2)28(33(19-7-16-30-22-34)18-6-10-25-8-5-9-25)15-17-31-24(3)32-21-27-13-11-26(20-29)12-14-27;2*1-2/h11-15,17,22,25H,4-10,16,18-21,29H2,1-3H3,(H,30,34)(H,31,32);1-2H3;2H2,1H3/b17-15-,28-23-;;. The van der Waals surface area contributed by atoms with Crippen molar-refractivity contribution in [2.24, 2.45) is 22.4 Å². The lowest BCUT2D eigenvalue weighted by Crippen LogP contribution is -2.29. The zero-order valence-electron chi connectivity index (χ0n) is 25.1. The van der Waals surface area contributed by atoms with E-state index in [2.05, 4.69) is 70.4 Å². The Bertz CT molecular complexity index is 812. The summed E-state index contributed by atoms with van der Waals surface area (Å²) >= 11 is 0. The predicted molar refractivity (Wildman–Crippen MR) is 165 cm³/mol. The highest BCUT2D eigenvalue weighted by Crippen LogP contribution is 2.30. The van der Waals surface area contributed by atoms with Crippen LogP contribution in [-0.2, 0) is 17.9 Å². The molecule has 7 nitrogen and oxygen atoms in total. The molecule has 1 aromatic rings. The van der Waals surface area contributed by atoms with Gasteiger partial charge < -0.3 is 27.0 Å². The maximum Gasteiger partial charge on any atom is 0.207 e. The quantitative estimate of drug-likeness (QED) is 0.0748. The number of aliphatic imine (C=N–C) groups is 1. The van der Waals surface area contributed by atoms with Crippen molar-refractivity contribution >= 4 is 12.2 Å². The zero-order chi connectivity index (χ0) is 28.6. The maximum atomic E-state index is 10.6. The van der Waals surface area contributed by atoms with Crippen molar-refractivity contribution in [2.75, 3.05) is 26.7 Å². The molecular weight excluding hydrogens is 472 g/mol. The minimum atomic E-state index is 0.563. The number of nitrogens with zero attached hydrogens (tertiary/aromatic N) is 2. The Balaban J connectivity index is 0.00000326. The number of rotatable bonds is 16. The molecule has 0 saturated heterocycles. The number of amides is 1. The average Bonchev–Trinajstić information content (AvgIpc) is 2.94. The second kappa shape index (κ2) is 23.5. The number of amidine groups is 1. The Morgan fingerprint density at radius 2 is 1.71 bits per heavy atom. The number of nitrogens with one attached hydrogen (secondary N) is 2. The van der Waals surface area contributed by atoms with Crippen LogP contribution < -0.4 is 22.1 Å². The van der Waals surface area contributed by atoms with Gasteiger partial charge in [-0.3, -0.25) is 9.79 Å². The van der Waals surface area contributed by atoms with E-state index in [-0.39, 0.29) is 0 Å². The van der Waals surface area contributed by atoms with Gasteiger partial charge in [-0.2, -0.15) is 0 Å². The number of hydrogen-bond donors (Lipinski definition) is 4. The van der Waals surface area contributed by atoms with Crippen LogP contribution in [0.4, 0.5) is 0 Å². The Morgan fingerprint density at radius 1 is 1.08 bits per heavy atom. The summed E-state index contributed by atoms with van der Waals surface area (Å²) in [7, 11) is 1.50. The second-order valence-electron chi connectivity index (χ2n) is 9.27. The van der Waals surface area contributed by atoms with Gasteiger partial charge in [-0.15, -0.1) is 0 Å². The number of benzene rings is 1. The van der Waals surface area contributed by atoms with Crippen LogP contribution in [-0.4, -0.2) is 43.8 Å². The van der Waals surface area contributed by atoms with Gasteiger partial charge >= 0.3 is 0 Å². The molecule has 0 radical (unpaired) electrons. The lowest BCUT2D eigenvalue weighted by Gasteiger charge is -2.30. The third-order valence-corrected chi connectivity index (χ3v) is 6.70. The van der Waals surface area contributed by atoms with Gasteiger partial charge in [0.05, 0.1) is 12.4 Å². The molecule has 1 aliphatic carbocycles. The first kappa shape index (κ1) is 35.4. The molecule has 0 aliphatic heterocycles. The highest BCUT2D eigenvalue weighted by Gasteiger charge is 2.17. The zero-order valence-corrected chi connectivity index (χ0v) is 25.1. The van der Waals surface area contributed by atoms with E-state index in [4.69, 9.17) is 5.73 Å². The lowest BCUT2D eigenvalue weighted by molar-refractivity contribution is -0.109. The molecule has 0 bridgehead atoms. The molecule has 7 heteroatoms. The highest BCUT2D eigenvalue weighted by molar-refractivity contribution is 5.80. The summed E-state index contributed by atoms with van der Waals surface area (Å²) in [6.45, 7) is 14.3. The van der Waals surface area contributed by atoms with Crippen LogP contribution in [0.3, 0.4) is 0 Å².